The zero-order valence-corrected chi connectivity index (χ0v) is 19.3. The van der Waals surface area contributed by atoms with Crippen LogP contribution in [0.4, 0.5) is 4.79 Å². The smallest absolute Gasteiger partial charge is 0.328 e. The number of ether oxygens (including phenoxy) is 2. The van der Waals surface area contributed by atoms with Crippen LogP contribution in [-0.4, -0.2) is 102 Å². The number of rotatable bonds is 9. The van der Waals surface area contributed by atoms with Gasteiger partial charge in [-0.3, -0.25) is 0 Å². The van der Waals surface area contributed by atoms with Gasteiger partial charge in [0.25, 0.3) is 0 Å². The van der Waals surface area contributed by atoms with E-state index in [2.05, 4.69) is 10.2 Å². The van der Waals surface area contributed by atoms with Crippen LogP contribution >= 0.6 is 0 Å². The number of carbonyl (C=O) groups excluding carboxylic acids is 1. The lowest BCUT2D eigenvalue weighted by Gasteiger charge is -2.40. The summed E-state index contributed by atoms with van der Waals surface area (Å²) >= 11 is 0. The van der Waals surface area contributed by atoms with Gasteiger partial charge in [-0.05, 0) is 31.4 Å². The lowest BCUT2D eigenvalue weighted by Crippen LogP contribution is -2.54. The number of amides is 2. The second kappa shape index (κ2) is 14.1. The molecular weight excluding hydrogens is 446 g/mol. The van der Waals surface area contributed by atoms with Crippen molar-refractivity contribution in [3.63, 3.8) is 0 Å². The standard InChI is InChI=1S/C19H29N3O4.C4H4O4/c1-25-17-5-2-3-6-18(17)26-14-16(23)13-21-11-7-15(8-12-21)22-10-4-9-20-19(22)24;5-3(6)1-2-4(7)8/h2-3,5-6,15-16,23H,4,7-14H2,1H3,(H,20,24);1-2H,(H,5,6)(H,7,8)/b;2-1+. The topological polar surface area (TPSA) is 149 Å². The molecule has 2 aliphatic heterocycles. The van der Waals surface area contributed by atoms with Gasteiger partial charge in [0, 0.05) is 50.9 Å². The second-order valence-corrected chi connectivity index (χ2v) is 7.94. The van der Waals surface area contributed by atoms with Crippen molar-refractivity contribution in [1.29, 1.82) is 0 Å². The largest absolute Gasteiger partial charge is 0.493 e. The molecule has 4 N–H and O–H groups in total. The van der Waals surface area contributed by atoms with E-state index >= 15 is 0 Å². The predicted molar refractivity (Wildman–Crippen MR) is 123 cm³/mol. The van der Waals surface area contributed by atoms with Crippen molar-refractivity contribution < 1.29 is 39.2 Å². The summed E-state index contributed by atoms with van der Waals surface area (Å²) in [7, 11) is 1.60. The van der Waals surface area contributed by atoms with Crippen LogP contribution < -0.4 is 14.8 Å². The number of β-amino-alcohol motifs (C(OH)–C–C–N with tert-alkyl or cyclic N) is 1. The molecule has 2 amide bonds. The molecule has 0 radical (unpaired) electrons. The highest BCUT2D eigenvalue weighted by atomic mass is 16.5. The van der Waals surface area contributed by atoms with Crippen LogP contribution in [0.1, 0.15) is 19.3 Å². The zero-order valence-electron chi connectivity index (χ0n) is 19.3. The van der Waals surface area contributed by atoms with Gasteiger partial charge in [0.1, 0.15) is 12.7 Å². The number of carbonyl (C=O) groups is 3. The first-order valence-corrected chi connectivity index (χ1v) is 11.1. The first kappa shape index (κ1) is 26.9. The van der Waals surface area contributed by atoms with E-state index in [1.54, 1.807) is 7.11 Å². The summed E-state index contributed by atoms with van der Waals surface area (Å²) < 4.78 is 11.0. The quantitative estimate of drug-likeness (QED) is 0.381. The molecule has 1 aromatic carbocycles. The molecule has 11 nitrogen and oxygen atoms in total. The number of urea groups is 1. The molecule has 0 aliphatic carbocycles. The molecule has 34 heavy (non-hydrogen) atoms. The Balaban J connectivity index is 0.000000440. The number of piperidine rings is 1. The maximum absolute atomic E-state index is 12.0. The molecule has 2 aliphatic rings. The number of hydrogen-bond acceptors (Lipinski definition) is 7. The Labute approximate surface area is 198 Å². The monoisotopic (exact) mass is 479 g/mol. The molecule has 0 spiro atoms. The Morgan fingerprint density at radius 1 is 1.12 bits per heavy atom. The van der Waals surface area contributed by atoms with Crippen LogP contribution in [0.5, 0.6) is 11.5 Å². The van der Waals surface area contributed by atoms with Crippen LogP contribution in [0, 0.1) is 0 Å². The third-order valence-electron chi connectivity index (χ3n) is 5.45. The minimum Gasteiger partial charge on any atom is -0.493 e. The van der Waals surface area contributed by atoms with E-state index in [-0.39, 0.29) is 12.6 Å². The Bertz CT molecular complexity index is 823. The third-order valence-corrected chi connectivity index (χ3v) is 5.45. The number of carboxylic acid groups (broad SMARTS) is 2. The molecule has 188 valence electrons. The minimum atomic E-state index is -1.26. The number of nitrogens with one attached hydrogen (secondary N) is 1. The number of methoxy groups -OCH3 is 1. The highest BCUT2D eigenvalue weighted by Crippen LogP contribution is 2.26. The zero-order chi connectivity index (χ0) is 24.9. The highest BCUT2D eigenvalue weighted by Gasteiger charge is 2.29. The maximum atomic E-state index is 12.0. The predicted octanol–water partition coefficient (Wildman–Crippen LogP) is 1.03. The summed E-state index contributed by atoms with van der Waals surface area (Å²) in [5.41, 5.74) is 0. The van der Waals surface area contributed by atoms with Crippen LogP contribution in [0.2, 0.25) is 0 Å². The van der Waals surface area contributed by atoms with Crippen molar-refractivity contribution in [2.75, 3.05) is 46.4 Å². The molecule has 1 atom stereocenters. The van der Waals surface area contributed by atoms with Gasteiger partial charge in [-0.25, -0.2) is 14.4 Å². The van der Waals surface area contributed by atoms with Crippen LogP contribution in [0.15, 0.2) is 36.4 Å². The summed E-state index contributed by atoms with van der Waals surface area (Å²) in [5, 5.41) is 28.8. The summed E-state index contributed by atoms with van der Waals surface area (Å²) in [6, 6.07) is 7.82. The van der Waals surface area contributed by atoms with Crippen LogP contribution in [-0.2, 0) is 9.59 Å². The van der Waals surface area contributed by atoms with Gasteiger partial charge in [-0.2, -0.15) is 0 Å². The van der Waals surface area contributed by atoms with Gasteiger partial charge in [-0.15, -0.1) is 0 Å². The molecule has 0 aromatic heterocycles. The third kappa shape index (κ3) is 9.28. The van der Waals surface area contributed by atoms with E-state index in [4.69, 9.17) is 19.7 Å². The molecule has 0 saturated carbocycles. The number of para-hydroxylation sites is 2. The van der Waals surface area contributed by atoms with Crippen molar-refractivity contribution in [2.24, 2.45) is 0 Å². The van der Waals surface area contributed by atoms with Crippen molar-refractivity contribution in [3.8, 4) is 11.5 Å². The Morgan fingerprint density at radius 2 is 1.74 bits per heavy atom. The van der Waals surface area contributed by atoms with Gasteiger partial charge in [0.2, 0.25) is 0 Å². The number of hydrogen-bond donors (Lipinski definition) is 4. The van der Waals surface area contributed by atoms with Crippen molar-refractivity contribution >= 4 is 18.0 Å². The van der Waals surface area contributed by atoms with E-state index in [1.807, 2.05) is 29.2 Å². The maximum Gasteiger partial charge on any atom is 0.328 e. The van der Waals surface area contributed by atoms with E-state index in [0.29, 0.717) is 36.2 Å². The minimum absolute atomic E-state index is 0.0694. The number of benzene rings is 1. The van der Waals surface area contributed by atoms with Gasteiger partial charge < -0.3 is 39.9 Å². The SMILES string of the molecule is COc1ccccc1OCC(O)CN1CCC(N2CCCNC2=O)CC1.O=C(O)/C=C/C(=O)O. The average molecular weight is 480 g/mol. The lowest BCUT2D eigenvalue weighted by atomic mass is 10.0. The van der Waals surface area contributed by atoms with Crippen molar-refractivity contribution in [3.05, 3.63) is 36.4 Å². The number of likely N-dealkylation sites (tertiary alicyclic amines) is 1. The first-order valence-electron chi connectivity index (χ1n) is 11.1. The molecule has 1 unspecified atom stereocenters. The molecular formula is C23H33N3O8. The second-order valence-electron chi connectivity index (χ2n) is 7.94. The molecule has 3 rings (SSSR count). The van der Waals surface area contributed by atoms with E-state index in [1.165, 1.54) is 0 Å². The number of aliphatic hydroxyl groups excluding tert-OH is 1. The van der Waals surface area contributed by atoms with E-state index in [0.717, 1.165) is 45.4 Å². The molecule has 2 heterocycles. The molecule has 2 fully saturated rings. The first-order chi connectivity index (χ1) is 16.3. The van der Waals surface area contributed by atoms with Gasteiger partial charge >= 0.3 is 18.0 Å². The molecule has 0 bridgehead atoms. The van der Waals surface area contributed by atoms with Gasteiger partial charge in [0.05, 0.1) is 7.11 Å². The van der Waals surface area contributed by atoms with E-state index < -0.39 is 18.0 Å². The normalized spacial score (nSPS) is 17.9. The Morgan fingerprint density at radius 3 is 2.29 bits per heavy atom. The summed E-state index contributed by atoms with van der Waals surface area (Å²) in [5.74, 6) is -1.20. The lowest BCUT2D eigenvalue weighted by molar-refractivity contribution is -0.134. The van der Waals surface area contributed by atoms with Crippen LogP contribution in [0.3, 0.4) is 0 Å². The van der Waals surface area contributed by atoms with Gasteiger partial charge in [0.15, 0.2) is 11.5 Å². The fourth-order valence-electron chi connectivity index (χ4n) is 3.83. The number of nitrogens with zero attached hydrogens (tertiary/aromatic N) is 2. The highest BCUT2D eigenvalue weighted by molar-refractivity contribution is 5.89. The van der Waals surface area contributed by atoms with Crippen molar-refractivity contribution in [1.82, 2.24) is 15.1 Å². The molecule has 11 heteroatoms. The molecule has 1 aromatic rings. The van der Waals surface area contributed by atoms with Gasteiger partial charge in [-0.1, -0.05) is 12.1 Å². The average Bonchev–Trinajstić information content (AvgIpc) is 2.83. The van der Waals surface area contributed by atoms with E-state index in [9.17, 15) is 19.5 Å². The molecule has 2 saturated heterocycles. The number of carboxylic acids is 2. The fraction of sp³-hybridized carbons (Fsp3) is 0.522. The van der Waals surface area contributed by atoms with Crippen molar-refractivity contribution in [2.45, 2.75) is 31.4 Å². The summed E-state index contributed by atoms with van der Waals surface area (Å²) in [6.45, 7) is 4.22. The Kier molecular flexibility index (Phi) is 11.1. The number of aliphatic carboxylic acids is 2. The number of aliphatic hydroxyl groups is 1. The fourth-order valence-corrected chi connectivity index (χ4v) is 3.83. The summed E-state index contributed by atoms with van der Waals surface area (Å²) in [6.07, 6.45) is 3.48. The van der Waals surface area contributed by atoms with Crippen LogP contribution in [0.25, 0.3) is 0 Å². The Hall–Kier alpha value is -3.31. The summed E-state index contributed by atoms with van der Waals surface area (Å²) in [4.78, 5) is 35.3.